The average Bonchev–Trinajstić information content (AvgIpc) is 2.50. The number of carbonyl (C=O) groups excluding carboxylic acids is 2. The fourth-order valence-corrected chi connectivity index (χ4v) is 4.49. The number of nitrogens with one attached hydrogen (secondary N) is 1. The van der Waals surface area contributed by atoms with Gasteiger partial charge in [0.2, 0.25) is 0 Å². The van der Waals surface area contributed by atoms with E-state index >= 15 is 0 Å². The molecule has 1 fully saturated rings. The number of amides is 1. The first-order valence-electron chi connectivity index (χ1n) is 8.03. The van der Waals surface area contributed by atoms with E-state index < -0.39 is 26.1 Å². The first-order chi connectivity index (χ1) is 11.2. The van der Waals surface area contributed by atoms with Crippen molar-refractivity contribution in [1.29, 1.82) is 0 Å². The van der Waals surface area contributed by atoms with E-state index in [1.54, 1.807) is 24.3 Å². The maximum Gasteiger partial charge on any atom is 0.407 e. The van der Waals surface area contributed by atoms with Crippen LogP contribution in [0.25, 0.3) is 0 Å². The van der Waals surface area contributed by atoms with E-state index in [1.807, 2.05) is 19.6 Å². The highest BCUT2D eigenvalue weighted by Crippen LogP contribution is 2.39. The second-order valence-corrected chi connectivity index (χ2v) is 11.8. The van der Waals surface area contributed by atoms with Crippen LogP contribution in [0.15, 0.2) is 24.3 Å². The maximum absolute atomic E-state index is 13.3. The monoisotopic (exact) mass is 369 g/mol. The van der Waals surface area contributed by atoms with Crippen LogP contribution >= 0.6 is 11.6 Å². The number of benzene rings is 1. The van der Waals surface area contributed by atoms with Crippen LogP contribution in [-0.4, -0.2) is 33.4 Å². The normalized spacial score (nSPS) is 24.5. The van der Waals surface area contributed by atoms with Crippen LogP contribution < -0.4 is 5.32 Å². The van der Waals surface area contributed by atoms with E-state index in [4.69, 9.17) is 20.8 Å². The molecule has 0 saturated heterocycles. The van der Waals surface area contributed by atoms with Gasteiger partial charge in [0.05, 0.1) is 7.11 Å². The summed E-state index contributed by atoms with van der Waals surface area (Å²) in [4.78, 5) is 25.2. The van der Waals surface area contributed by atoms with Gasteiger partial charge in [-0.3, -0.25) is 4.79 Å². The fourth-order valence-electron chi connectivity index (χ4n) is 3.11. The number of halogens is 1. The number of rotatable bonds is 4. The fraction of sp³-hybridized carbons (Fsp3) is 0.529. The third kappa shape index (κ3) is 3.99. The first-order valence-corrected chi connectivity index (χ1v) is 11.8. The van der Waals surface area contributed by atoms with E-state index in [-0.39, 0.29) is 5.78 Å². The van der Waals surface area contributed by atoms with Crippen LogP contribution in [0.3, 0.4) is 0 Å². The number of methoxy groups -OCH3 is 1. The lowest BCUT2D eigenvalue weighted by Crippen LogP contribution is -2.59. The van der Waals surface area contributed by atoms with Crippen LogP contribution in [0.5, 0.6) is 0 Å². The van der Waals surface area contributed by atoms with Gasteiger partial charge >= 0.3 is 6.09 Å². The summed E-state index contributed by atoms with van der Waals surface area (Å²) < 4.78 is 10.8. The molecular formula is C17H24ClNO4Si. The predicted molar refractivity (Wildman–Crippen MR) is 95.7 cm³/mol. The van der Waals surface area contributed by atoms with Gasteiger partial charge in [0.15, 0.2) is 14.1 Å². The van der Waals surface area contributed by atoms with Crippen molar-refractivity contribution in [3.8, 4) is 0 Å². The Morgan fingerprint density at radius 1 is 1.33 bits per heavy atom. The lowest BCUT2D eigenvalue weighted by atomic mass is 9.74. The van der Waals surface area contributed by atoms with Crippen LogP contribution in [-0.2, 0) is 19.5 Å². The largest absolute Gasteiger partial charge is 0.453 e. The smallest absolute Gasteiger partial charge is 0.407 e. The van der Waals surface area contributed by atoms with Crippen molar-refractivity contribution in [2.45, 2.75) is 50.5 Å². The predicted octanol–water partition coefficient (Wildman–Crippen LogP) is 3.86. The van der Waals surface area contributed by atoms with Gasteiger partial charge in [-0.15, -0.1) is 0 Å². The Labute approximate surface area is 148 Å². The van der Waals surface area contributed by atoms with Crippen molar-refractivity contribution in [3.63, 3.8) is 0 Å². The minimum absolute atomic E-state index is 0.158. The molecule has 1 aromatic rings. The zero-order valence-electron chi connectivity index (χ0n) is 14.5. The Morgan fingerprint density at radius 3 is 2.58 bits per heavy atom. The molecule has 132 valence electrons. The van der Waals surface area contributed by atoms with Crippen molar-refractivity contribution in [1.82, 2.24) is 5.32 Å². The number of Topliss-reactive ketones (excluding diaryl/α,β-unsaturated/α-hetero) is 1. The molecule has 1 N–H and O–H groups in total. The van der Waals surface area contributed by atoms with Gasteiger partial charge < -0.3 is 14.5 Å². The summed E-state index contributed by atoms with van der Waals surface area (Å²) in [6.45, 7) is 6.12. The summed E-state index contributed by atoms with van der Waals surface area (Å²) in [5.74, 6) is -0.158. The van der Waals surface area contributed by atoms with Gasteiger partial charge in [-0.05, 0) is 45.0 Å². The van der Waals surface area contributed by atoms with Crippen molar-refractivity contribution >= 4 is 31.8 Å². The third-order valence-electron chi connectivity index (χ3n) is 4.06. The number of ether oxygens (including phenoxy) is 1. The molecule has 1 aromatic carbocycles. The Kier molecular flexibility index (Phi) is 5.73. The Morgan fingerprint density at radius 2 is 2.00 bits per heavy atom. The molecule has 0 heterocycles. The lowest BCUT2D eigenvalue weighted by molar-refractivity contribution is -0.136. The number of hydrogen-bond donors (Lipinski definition) is 1. The van der Waals surface area contributed by atoms with Crippen LogP contribution in [0.4, 0.5) is 4.79 Å². The molecule has 2 unspecified atom stereocenters. The molecule has 0 spiro atoms. The molecule has 1 amide bonds. The summed E-state index contributed by atoms with van der Waals surface area (Å²) in [5, 5.41) is 3.19. The molecule has 7 heteroatoms. The molecule has 0 aromatic heterocycles. The molecule has 0 aliphatic heterocycles. The van der Waals surface area contributed by atoms with Gasteiger partial charge in [0, 0.05) is 10.6 Å². The molecule has 24 heavy (non-hydrogen) atoms. The van der Waals surface area contributed by atoms with Gasteiger partial charge in [0.25, 0.3) is 0 Å². The summed E-state index contributed by atoms with van der Waals surface area (Å²) in [5.41, 5.74) is -0.625. The van der Waals surface area contributed by atoms with Gasteiger partial charge in [-0.25, -0.2) is 4.79 Å². The zero-order chi connectivity index (χ0) is 18.0. The summed E-state index contributed by atoms with van der Waals surface area (Å²) in [6.07, 6.45) is 0.667. The quantitative estimate of drug-likeness (QED) is 0.818. The van der Waals surface area contributed by atoms with E-state index in [0.29, 0.717) is 23.4 Å². The van der Waals surface area contributed by atoms with E-state index in [2.05, 4.69) is 5.32 Å². The summed E-state index contributed by atoms with van der Waals surface area (Å²) in [7, 11) is -0.633. The zero-order valence-corrected chi connectivity index (χ0v) is 16.3. The Bertz CT molecular complexity index is 631. The molecule has 1 saturated carbocycles. The minimum atomic E-state index is -1.91. The summed E-state index contributed by atoms with van der Waals surface area (Å²) in [6, 6.07) is 7.08. The van der Waals surface area contributed by atoms with Crippen LogP contribution in [0.1, 0.15) is 24.8 Å². The SMILES string of the molecule is COC(=O)NC1(c2ccccc2Cl)CCCC(O[Si](C)(C)C)C1=O. The number of carbonyl (C=O) groups is 2. The molecule has 1 aliphatic rings. The second kappa shape index (κ2) is 7.25. The van der Waals surface area contributed by atoms with Crippen molar-refractivity contribution in [2.75, 3.05) is 7.11 Å². The van der Waals surface area contributed by atoms with E-state index in [0.717, 1.165) is 6.42 Å². The van der Waals surface area contributed by atoms with Gasteiger partial charge in [-0.1, -0.05) is 29.8 Å². The minimum Gasteiger partial charge on any atom is -0.453 e. The van der Waals surface area contributed by atoms with Crippen LogP contribution in [0, 0.1) is 0 Å². The molecule has 5 nitrogen and oxygen atoms in total. The van der Waals surface area contributed by atoms with Crippen molar-refractivity contribution in [3.05, 3.63) is 34.9 Å². The number of hydrogen-bond acceptors (Lipinski definition) is 4. The topological polar surface area (TPSA) is 64.6 Å². The van der Waals surface area contributed by atoms with Crippen LogP contribution in [0.2, 0.25) is 24.7 Å². The number of ketones is 1. The standard InChI is InChI=1S/C17H24ClNO4Si/c1-22-16(21)19-17(12-8-5-6-9-13(12)18)11-7-10-14(15(17)20)23-24(2,3)4/h5-6,8-9,14H,7,10-11H2,1-4H3,(H,19,21). The van der Waals surface area contributed by atoms with Gasteiger partial charge in [0.1, 0.15) is 11.6 Å². The highest BCUT2D eigenvalue weighted by Gasteiger charge is 2.49. The second-order valence-electron chi connectivity index (χ2n) is 6.98. The molecule has 2 rings (SSSR count). The highest BCUT2D eigenvalue weighted by atomic mass is 35.5. The summed E-state index contributed by atoms with van der Waals surface area (Å²) >= 11 is 6.34. The number of alkyl carbamates (subject to hydrolysis) is 1. The van der Waals surface area contributed by atoms with Crippen molar-refractivity contribution < 1.29 is 18.8 Å². The first kappa shape index (κ1) is 19.0. The van der Waals surface area contributed by atoms with E-state index in [1.165, 1.54) is 7.11 Å². The molecule has 1 aliphatic carbocycles. The molecule has 0 radical (unpaired) electrons. The van der Waals surface area contributed by atoms with Crippen molar-refractivity contribution in [2.24, 2.45) is 0 Å². The third-order valence-corrected chi connectivity index (χ3v) is 5.38. The van der Waals surface area contributed by atoms with E-state index in [9.17, 15) is 9.59 Å². The molecule has 2 atom stereocenters. The molecular weight excluding hydrogens is 346 g/mol. The lowest BCUT2D eigenvalue weighted by Gasteiger charge is -2.41. The molecule has 0 bridgehead atoms. The Balaban J connectivity index is 2.47. The highest BCUT2D eigenvalue weighted by molar-refractivity contribution is 6.69. The maximum atomic E-state index is 13.3. The average molecular weight is 370 g/mol. The Hall–Kier alpha value is -1.37. The van der Waals surface area contributed by atoms with Gasteiger partial charge in [-0.2, -0.15) is 0 Å².